The number of nitrogen functional groups attached to an aromatic ring is 1. The molecule has 5 heteroatoms. The third-order valence-corrected chi connectivity index (χ3v) is 2.88. The molecule has 0 atom stereocenters. The van der Waals surface area contributed by atoms with Crippen molar-refractivity contribution in [3.05, 3.63) is 53.7 Å². The van der Waals surface area contributed by atoms with E-state index in [0.717, 1.165) is 17.7 Å². The van der Waals surface area contributed by atoms with Crippen LogP contribution in [0.4, 0.5) is 5.82 Å². The maximum atomic E-state index is 11.9. The number of carbonyl (C=O) groups is 1. The first-order chi connectivity index (χ1) is 9.69. The summed E-state index contributed by atoms with van der Waals surface area (Å²) >= 11 is 0. The molecule has 0 saturated heterocycles. The number of anilines is 1. The van der Waals surface area contributed by atoms with E-state index < -0.39 is 0 Å². The first kappa shape index (κ1) is 13.9. The highest BCUT2D eigenvalue weighted by Crippen LogP contribution is 2.12. The molecular formula is C15H17N3O2. The minimum Gasteiger partial charge on any atom is -0.497 e. The van der Waals surface area contributed by atoms with Gasteiger partial charge in [-0.2, -0.15) is 0 Å². The van der Waals surface area contributed by atoms with Crippen LogP contribution in [0.1, 0.15) is 15.9 Å². The zero-order valence-electron chi connectivity index (χ0n) is 11.3. The average molecular weight is 271 g/mol. The van der Waals surface area contributed by atoms with Crippen molar-refractivity contribution in [2.75, 3.05) is 19.4 Å². The van der Waals surface area contributed by atoms with Crippen LogP contribution >= 0.6 is 0 Å². The molecule has 0 aliphatic heterocycles. The van der Waals surface area contributed by atoms with Gasteiger partial charge in [0.2, 0.25) is 0 Å². The second-order valence-electron chi connectivity index (χ2n) is 4.33. The Hall–Kier alpha value is -2.56. The maximum absolute atomic E-state index is 11.9. The van der Waals surface area contributed by atoms with E-state index in [2.05, 4.69) is 10.3 Å². The number of pyridine rings is 1. The van der Waals surface area contributed by atoms with Crippen molar-refractivity contribution < 1.29 is 9.53 Å². The van der Waals surface area contributed by atoms with Crippen molar-refractivity contribution in [3.63, 3.8) is 0 Å². The normalized spacial score (nSPS) is 10.1. The quantitative estimate of drug-likeness (QED) is 0.866. The number of hydrogen-bond donors (Lipinski definition) is 2. The molecule has 0 fully saturated rings. The summed E-state index contributed by atoms with van der Waals surface area (Å²) in [5.41, 5.74) is 7.17. The number of methoxy groups -OCH3 is 1. The Kier molecular flexibility index (Phi) is 4.55. The molecule has 2 aromatic rings. The van der Waals surface area contributed by atoms with Gasteiger partial charge in [0.25, 0.3) is 5.91 Å². The predicted octanol–water partition coefficient (Wildman–Crippen LogP) is 1.64. The minimum absolute atomic E-state index is 0.151. The fourth-order valence-corrected chi connectivity index (χ4v) is 1.84. The van der Waals surface area contributed by atoms with Gasteiger partial charge in [-0.25, -0.2) is 4.98 Å². The van der Waals surface area contributed by atoms with Crippen LogP contribution in [-0.2, 0) is 6.42 Å². The molecule has 3 N–H and O–H groups in total. The van der Waals surface area contributed by atoms with Gasteiger partial charge in [-0.1, -0.05) is 12.1 Å². The van der Waals surface area contributed by atoms with Gasteiger partial charge in [0.1, 0.15) is 11.6 Å². The van der Waals surface area contributed by atoms with Crippen LogP contribution in [0.3, 0.4) is 0 Å². The third-order valence-electron chi connectivity index (χ3n) is 2.88. The maximum Gasteiger partial charge on any atom is 0.251 e. The summed E-state index contributed by atoms with van der Waals surface area (Å²) in [5.74, 6) is 1.00. The number of hydrogen-bond acceptors (Lipinski definition) is 4. The lowest BCUT2D eigenvalue weighted by molar-refractivity contribution is 0.0954. The van der Waals surface area contributed by atoms with E-state index in [4.69, 9.17) is 10.5 Å². The summed E-state index contributed by atoms with van der Waals surface area (Å²) in [6.45, 7) is 0.550. The van der Waals surface area contributed by atoms with Crippen LogP contribution < -0.4 is 15.8 Å². The summed E-state index contributed by atoms with van der Waals surface area (Å²) in [7, 11) is 1.63. The third kappa shape index (κ3) is 3.71. The molecule has 20 heavy (non-hydrogen) atoms. The molecule has 0 aliphatic rings. The standard InChI is InChI=1S/C15H17N3O2/c1-20-13-4-2-3-11(9-13)5-7-18-15(19)12-6-8-17-14(16)10-12/h2-4,6,8-10H,5,7H2,1H3,(H2,16,17)(H,18,19). The summed E-state index contributed by atoms with van der Waals surface area (Å²) in [6, 6.07) is 11.0. The van der Waals surface area contributed by atoms with Crippen molar-refractivity contribution in [1.82, 2.24) is 10.3 Å². The van der Waals surface area contributed by atoms with Gasteiger partial charge in [0, 0.05) is 18.3 Å². The number of nitrogens with two attached hydrogens (primary N) is 1. The molecule has 0 unspecified atom stereocenters. The van der Waals surface area contributed by atoms with Crippen LogP contribution in [-0.4, -0.2) is 24.5 Å². The van der Waals surface area contributed by atoms with Crippen molar-refractivity contribution in [3.8, 4) is 5.75 Å². The summed E-state index contributed by atoms with van der Waals surface area (Å²) in [5, 5.41) is 2.85. The van der Waals surface area contributed by atoms with Crippen molar-refractivity contribution in [2.24, 2.45) is 0 Å². The molecule has 0 spiro atoms. The van der Waals surface area contributed by atoms with E-state index in [1.165, 1.54) is 6.20 Å². The van der Waals surface area contributed by atoms with Crippen molar-refractivity contribution in [2.45, 2.75) is 6.42 Å². The first-order valence-corrected chi connectivity index (χ1v) is 6.31. The predicted molar refractivity (Wildman–Crippen MR) is 77.7 cm³/mol. The number of benzene rings is 1. The molecule has 0 saturated carbocycles. The number of nitrogens with zero attached hydrogens (tertiary/aromatic N) is 1. The first-order valence-electron chi connectivity index (χ1n) is 6.31. The van der Waals surface area contributed by atoms with Gasteiger partial charge in [-0.3, -0.25) is 4.79 Å². The van der Waals surface area contributed by atoms with Crippen LogP contribution in [0.25, 0.3) is 0 Å². The van der Waals surface area contributed by atoms with Gasteiger partial charge in [0.15, 0.2) is 0 Å². The average Bonchev–Trinajstić information content (AvgIpc) is 2.47. The van der Waals surface area contributed by atoms with Gasteiger partial charge in [0.05, 0.1) is 7.11 Å². The van der Waals surface area contributed by atoms with Crippen molar-refractivity contribution in [1.29, 1.82) is 0 Å². The Labute approximate surface area is 117 Å². The van der Waals surface area contributed by atoms with E-state index in [9.17, 15) is 4.79 Å². The summed E-state index contributed by atoms with van der Waals surface area (Å²) in [4.78, 5) is 15.7. The molecule has 104 valence electrons. The number of amides is 1. The highest BCUT2D eigenvalue weighted by atomic mass is 16.5. The van der Waals surface area contributed by atoms with Crippen LogP contribution in [0.5, 0.6) is 5.75 Å². The zero-order chi connectivity index (χ0) is 14.4. The van der Waals surface area contributed by atoms with E-state index >= 15 is 0 Å². The number of aromatic nitrogens is 1. The number of carbonyl (C=O) groups excluding carboxylic acids is 1. The molecule has 2 rings (SSSR count). The molecular weight excluding hydrogens is 254 g/mol. The Morgan fingerprint density at radius 3 is 2.95 bits per heavy atom. The fourth-order valence-electron chi connectivity index (χ4n) is 1.84. The monoisotopic (exact) mass is 271 g/mol. The van der Waals surface area contributed by atoms with Crippen molar-refractivity contribution >= 4 is 11.7 Å². The highest BCUT2D eigenvalue weighted by Gasteiger charge is 2.05. The number of nitrogens with one attached hydrogen (secondary N) is 1. The SMILES string of the molecule is COc1cccc(CCNC(=O)c2ccnc(N)c2)c1. The van der Waals surface area contributed by atoms with Gasteiger partial charge in [-0.15, -0.1) is 0 Å². The molecule has 1 amide bonds. The molecule has 0 radical (unpaired) electrons. The largest absolute Gasteiger partial charge is 0.497 e. The lowest BCUT2D eigenvalue weighted by Gasteiger charge is -2.07. The lowest BCUT2D eigenvalue weighted by atomic mass is 10.1. The van der Waals surface area contributed by atoms with Crippen LogP contribution in [0.15, 0.2) is 42.6 Å². The minimum atomic E-state index is -0.151. The molecule has 1 heterocycles. The molecule has 1 aromatic heterocycles. The van der Waals surface area contributed by atoms with Gasteiger partial charge in [-0.05, 0) is 36.2 Å². The van der Waals surface area contributed by atoms with Gasteiger partial charge >= 0.3 is 0 Å². The smallest absolute Gasteiger partial charge is 0.251 e. The topological polar surface area (TPSA) is 77.2 Å². The fraction of sp³-hybridized carbons (Fsp3) is 0.200. The van der Waals surface area contributed by atoms with E-state index in [-0.39, 0.29) is 5.91 Å². The van der Waals surface area contributed by atoms with E-state index in [0.29, 0.717) is 17.9 Å². The highest BCUT2D eigenvalue weighted by molar-refractivity contribution is 5.94. The number of rotatable bonds is 5. The molecule has 0 bridgehead atoms. The van der Waals surface area contributed by atoms with Crippen LogP contribution in [0.2, 0.25) is 0 Å². The second kappa shape index (κ2) is 6.56. The van der Waals surface area contributed by atoms with Crippen LogP contribution in [0, 0.1) is 0 Å². The molecule has 0 aliphatic carbocycles. The zero-order valence-corrected chi connectivity index (χ0v) is 11.3. The van der Waals surface area contributed by atoms with E-state index in [1.807, 2.05) is 24.3 Å². The molecule has 1 aromatic carbocycles. The Bertz CT molecular complexity index is 599. The Balaban J connectivity index is 1.88. The lowest BCUT2D eigenvalue weighted by Crippen LogP contribution is -2.25. The van der Waals surface area contributed by atoms with Gasteiger partial charge < -0.3 is 15.8 Å². The summed E-state index contributed by atoms with van der Waals surface area (Å²) in [6.07, 6.45) is 2.26. The Morgan fingerprint density at radius 1 is 1.35 bits per heavy atom. The van der Waals surface area contributed by atoms with E-state index in [1.54, 1.807) is 19.2 Å². The summed E-state index contributed by atoms with van der Waals surface area (Å²) < 4.78 is 5.16. The number of ether oxygens (including phenoxy) is 1. The molecule has 5 nitrogen and oxygen atoms in total. The Morgan fingerprint density at radius 2 is 2.20 bits per heavy atom. The second-order valence-corrected chi connectivity index (χ2v) is 4.33.